The highest BCUT2D eigenvalue weighted by molar-refractivity contribution is 5.78. The number of ether oxygens (including phenoxy) is 1. The molecular formula is C14H27NO3. The average molecular weight is 257 g/mol. The third-order valence-corrected chi connectivity index (χ3v) is 3.24. The lowest BCUT2D eigenvalue weighted by Crippen LogP contribution is -2.50. The molecule has 4 heteroatoms. The Balaban J connectivity index is 2.15. The van der Waals surface area contributed by atoms with Crippen LogP contribution < -0.4 is 5.32 Å². The van der Waals surface area contributed by atoms with Gasteiger partial charge in [-0.1, -0.05) is 13.8 Å². The van der Waals surface area contributed by atoms with E-state index in [4.69, 9.17) is 4.74 Å². The topological polar surface area (TPSA) is 58.6 Å². The zero-order chi connectivity index (χ0) is 13.6. The molecule has 2 N–H and O–H groups in total. The summed E-state index contributed by atoms with van der Waals surface area (Å²) in [7, 11) is 0. The van der Waals surface area contributed by atoms with Crippen molar-refractivity contribution in [1.82, 2.24) is 5.32 Å². The number of hydrogen-bond acceptors (Lipinski definition) is 3. The fourth-order valence-electron chi connectivity index (χ4n) is 1.92. The van der Waals surface area contributed by atoms with Gasteiger partial charge in [-0.3, -0.25) is 10.1 Å². The van der Waals surface area contributed by atoms with Crippen LogP contribution in [-0.2, 0) is 9.53 Å². The second-order valence-electron chi connectivity index (χ2n) is 5.98. The molecule has 1 fully saturated rings. The highest BCUT2D eigenvalue weighted by Crippen LogP contribution is 2.25. The Morgan fingerprint density at radius 3 is 2.61 bits per heavy atom. The Hall–Kier alpha value is -0.610. The predicted molar refractivity (Wildman–Crippen MR) is 71.7 cm³/mol. The first-order chi connectivity index (χ1) is 8.44. The minimum Gasteiger partial charge on any atom is -0.480 e. The molecule has 0 heterocycles. The molecule has 1 aliphatic carbocycles. The zero-order valence-corrected chi connectivity index (χ0v) is 11.9. The van der Waals surface area contributed by atoms with Crippen LogP contribution in [0.5, 0.6) is 0 Å². The van der Waals surface area contributed by atoms with Crippen LogP contribution >= 0.6 is 0 Å². The summed E-state index contributed by atoms with van der Waals surface area (Å²) in [6, 6.07) is 0.420. The van der Waals surface area contributed by atoms with Gasteiger partial charge in [0.25, 0.3) is 0 Å². The number of aliphatic carboxylic acids is 1. The summed E-state index contributed by atoms with van der Waals surface area (Å²) >= 11 is 0. The Bertz CT molecular complexity index is 264. The zero-order valence-electron chi connectivity index (χ0n) is 11.9. The van der Waals surface area contributed by atoms with Crippen LogP contribution in [0.1, 0.15) is 52.9 Å². The number of hydrogen-bond donors (Lipinski definition) is 2. The van der Waals surface area contributed by atoms with Gasteiger partial charge in [0.15, 0.2) is 0 Å². The van der Waals surface area contributed by atoms with Crippen LogP contribution in [0.4, 0.5) is 0 Å². The van der Waals surface area contributed by atoms with Crippen molar-refractivity contribution in [3.05, 3.63) is 0 Å². The van der Waals surface area contributed by atoms with Gasteiger partial charge in [-0.05, 0) is 44.9 Å². The van der Waals surface area contributed by atoms with Crippen molar-refractivity contribution in [2.75, 3.05) is 13.2 Å². The maximum Gasteiger partial charge on any atom is 0.323 e. The van der Waals surface area contributed by atoms with Gasteiger partial charge in [-0.2, -0.15) is 0 Å². The number of nitrogens with one attached hydrogen (secondary N) is 1. The molecule has 0 bridgehead atoms. The first-order valence-corrected chi connectivity index (χ1v) is 7.03. The van der Waals surface area contributed by atoms with Gasteiger partial charge in [0, 0.05) is 19.3 Å². The van der Waals surface area contributed by atoms with E-state index in [0.717, 1.165) is 38.9 Å². The van der Waals surface area contributed by atoms with E-state index in [0.29, 0.717) is 18.4 Å². The molecule has 1 rings (SSSR count). The molecule has 1 unspecified atom stereocenters. The minimum atomic E-state index is -0.765. The Kier molecular flexibility index (Phi) is 6.09. The molecule has 1 saturated carbocycles. The molecule has 0 aromatic rings. The molecular weight excluding hydrogens is 230 g/mol. The predicted octanol–water partition coefficient (Wildman–Crippen LogP) is 2.42. The lowest BCUT2D eigenvalue weighted by molar-refractivity contribution is -0.144. The lowest BCUT2D eigenvalue weighted by Gasteiger charge is -2.26. The standard InChI is InChI=1S/C14H27NO3/c1-11(2)10-18-9-5-4-8-14(3,13(16)17)15-12-6-7-12/h11-12,15H,4-10H2,1-3H3,(H,16,17). The van der Waals surface area contributed by atoms with Crippen molar-refractivity contribution in [2.45, 2.75) is 64.5 Å². The second-order valence-corrected chi connectivity index (χ2v) is 5.98. The van der Waals surface area contributed by atoms with Gasteiger partial charge >= 0.3 is 5.97 Å². The van der Waals surface area contributed by atoms with Gasteiger partial charge in [0.2, 0.25) is 0 Å². The van der Waals surface area contributed by atoms with Crippen molar-refractivity contribution in [3.63, 3.8) is 0 Å². The van der Waals surface area contributed by atoms with Crippen molar-refractivity contribution in [2.24, 2.45) is 5.92 Å². The Morgan fingerprint density at radius 2 is 2.11 bits per heavy atom. The normalized spacial score (nSPS) is 18.9. The summed E-state index contributed by atoms with van der Waals surface area (Å²) in [4.78, 5) is 11.3. The van der Waals surface area contributed by atoms with Crippen molar-refractivity contribution >= 4 is 5.97 Å². The SMILES string of the molecule is CC(C)COCCCCC(C)(NC1CC1)C(=O)O. The van der Waals surface area contributed by atoms with Crippen molar-refractivity contribution in [3.8, 4) is 0 Å². The third-order valence-electron chi connectivity index (χ3n) is 3.24. The highest BCUT2D eigenvalue weighted by Gasteiger charge is 2.37. The smallest absolute Gasteiger partial charge is 0.323 e. The minimum absolute atomic E-state index is 0.420. The largest absolute Gasteiger partial charge is 0.480 e. The van der Waals surface area contributed by atoms with E-state index >= 15 is 0 Å². The second kappa shape index (κ2) is 7.10. The molecule has 0 aliphatic heterocycles. The number of carboxylic acids is 1. The van der Waals surface area contributed by atoms with Crippen LogP contribution in [0.25, 0.3) is 0 Å². The summed E-state index contributed by atoms with van der Waals surface area (Å²) < 4.78 is 5.50. The number of rotatable bonds is 10. The molecule has 0 spiro atoms. The first-order valence-electron chi connectivity index (χ1n) is 7.03. The van der Waals surface area contributed by atoms with Crippen LogP contribution in [0.2, 0.25) is 0 Å². The average Bonchev–Trinajstić information content (AvgIpc) is 3.06. The molecule has 1 atom stereocenters. The fraction of sp³-hybridized carbons (Fsp3) is 0.929. The third kappa shape index (κ3) is 5.83. The van der Waals surface area contributed by atoms with Gasteiger partial charge in [-0.25, -0.2) is 0 Å². The summed E-state index contributed by atoms with van der Waals surface area (Å²) in [6.07, 6.45) is 4.72. The van der Waals surface area contributed by atoms with E-state index in [2.05, 4.69) is 19.2 Å². The van der Waals surface area contributed by atoms with Gasteiger partial charge < -0.3 is 9.84 Å². The van der Waals surface area contributed by atoms with E-state index < -0.39 is 11.5 Å². The molecule has 0 saturated heterocycles. The molecule has 18 heavy (non-hydrogen) atoms. The highest BCUT2D eigenvalue weighted by atomic mass is 16.5. The quantitative estimate of drug-likeness (QED) is 0.590. The van der Waals surface area contributed by atoms with Crippen LogP contribution in [0, 0.1) is 5.92 Å². The van der Waals surface area contributed by atoms with E-state index in [1.54, 1.807) is 6.92 Å². The van der Waals surface area contributed by atoms with Crippen molar-refractivity contribution < 1.29 is 14.6 Å². The lowest BCUT2D eigenvalue weighted by atomic mass is 9.95. The van der Waals surface area contributed by atoms with Gasteiger partial charge in [-0.15, -0.1) is 0 Å². The fourth-order valence-corrected chi connectivity index (χ4v) is 1.92. The molecule has 1 aliphatic rings. The van der Waals surface area contributed by atoms with Gasteiger partial charge in [0.1, 0.15) is 5.54 Å². The maximum absolute atomic E-state index is 11.3. The molecule has 0 amide bonds. The Morgan fingerprint density at radius 1 is 1.44 bits per heavy atom. The molecule has 4 nitrogen and oxygen atoms in total. The van der Waals surface area contributed by atoms with E-state index in [1.165, 1.54) is 0 Å². The van der Waals surface area contributed by atoms with E-state index in [-0.39, 0.29) is 0 Å². The van der Waals surface area contributed by atoms with E-state index in [1.807, 2.05) is 0 Å². The van der Waals surface area contributed by atoms with Crippen LogP contribution in [-0.4, -0.2) is 35.9 Å². The molecule has 106 valence electrons. The van der Waals surface area contributed by atoms with Gasteiger partial charge in [0.05, 0.1) is 0 Å². The molecule has 0 aromatic carbocycles. The molecule has 0 aromatic heterocycles. The summed E-state index contributed by atoms with van der Waals surface area (Å²) in [5, 5.41) is 12.5. The molecule has 0 radical (unpaired) electrons. The maximum atomic E-state index is 11.3. The number of carbonyl (C=O) groups is 1. The van der Waals surface area contributed by atoms with E-state index in [9.17, 15) is 9.90 Å². The van der Waals surface area contributed by atoms with Crippen molar-refractivity contribution in [1.29, 1.82) is 0 Å². The first kappa shape index (κ1) is 15.4. The monoisotopic (exact) mass is 257 g/mol. The number of unbranched alkanes of at least 4 members (excludes halogenated alkanes) is 1. The summed E-state index contributed by atoms with van der Waals surface area (Å²) in [5.41, 5.74) is -0.765. The Labute approximate surface area is 110 Å². The summed E-state index contributed by atoms with van der Waals surface area (Å²) in [6.45, 7) is 7.57. The van der Waals surface area contributed by atoms with Crippen LogP contribution in [0.3, 0.4) is 0 Å². The summed E-state index contributed by atoms with van der Waals surface area (Å²) in [5.74, 6) is -0.177. The van der Waals surface area contributed by atoms with Crippen LogP contribution in [0.15, 0.2) is 0 Å². The number of carboxylic acid groups (broad SMARTS) is 1.